The van der Waals surface area contributed by atoms with Crippen LogP contribution < -0.4 is 0 Å². The molecule has 0 N–H and O–H groups in total. The molecule has 2 aromatic rings. The first-order chi connectivity index (χ1) is 6.38. The van der Waals surface area contributed by atoms with Crippen molar-refractivity contribution in [3.8, 4) is 11.1 Å². The van der Waals surface area contributed by atoms with Gasteiger partial charge in [0.25, 0.3) is 0 Å². The first-order valence-electron chi connectivity index (χ1n) is 4.49. The molecule has 0 aliphatic rings. The van der Waals surface area contributed by atoms with Crippen LogP contribution in [-0.2, 0) is 0 Å². The summed E-state index contributed by atoms with van der Waals surface area (Å²) < 4.78 is 0. The third-order valence-corrected chi connectivity index (χ3v) is 2.23. The standard InChI is InChI=1S/C13H12.Li.H/c1-11-7-5-6-10-13(11)12-8-3-2-4-9-12;;/h2-10H,1H3;;. The van der Waals surface area contributed by atoms with Crippen molar-refractivity contribution in [3.63, 3.8) is 0 Å². The molecule has 2 rings (SSSR count). The molecular formula is C13H13Li. The van der Waals surface area contributed by atoms with Crippen molar-refractivity contribution in [3.05, 3.63) is 60.2 Å². The summed E-state index contributed by atoms with van der Waals surface area (Å²) in [6, 6.07) is 18.9. The van der Waals surface area contributed by atoms with E-state index in [-0.39, 0.29) is 18.9 Å². The van der Waals surface area contributed by atoms with Crippen LogP contribution in [0.2, 0.25) is 0 Å². The van der Waals surface area contributed by atoms with Crippen LogP contribution >= 0.6 is 0 Å². The molecule has 0 aromatic heterocycles. The summed E-state index contributed by atoms with van der Waals surface area (Å²) in [6.07, 6.45) is 0. The third-order valence-electron chi connectivity index (χ3n) is 2.23. The maximum atomic E-state index is 2.16. The normalized spacial score (nSPS) is 9.21. The molecule has 0 heterocycles. The van der Waals surface area contributed by atoms with Crippen LogP contribution in [0.15, 0.2) is 54.6 Å². The Balaban J connectivity index is 0.000000980. The second-order valence-electron chi connectivity index (χ2n) is 3.18. The average Bonchev–Trinajstić information content (AvgIpc) is 2.20. The molecule has 0 spiro atoms. The summed E-state index contributed by atoms with van der Waals surface area (Å²) in [5.41, 5.74) is 3.94. The van der Waals surface area contributed by atoms with E-state index in [1.165, 1.54) is 16.7 Å². The Morgan fingerprint density at radius 3 is 1.93 bits per heavy atom. The zero-order valence-corrected chi connectivity index (χ0v) is 7.70. The fraction of sp³-hybridized carbons (Fsp3) is 0.0769. The van der Waals surface area contributed by atoms with Crippen molar-refractivity contribution in [1.82, 2.24) is 0 Å². The monoisotopic (exact) mass is 176 g/mol. The van der Waals surface area contributed by atoms with Gasteiger partial charge in [-0.1, -0.05) is 54.6 Å². The van der Waals surface area contributed by atoms with Gasteiger partial charge >= 0.3 is 18.9 Å². The predicted octanol–water partition coefficient (Wildman–Crippen LogP) is 3.01. The third kappa shape index (κ3) is 2.29. The van der Waals surface area contributed by atoms with Crippen LogP contribution in [0.4, 0.5) is 0 Å². The van der Waals surface area contributed by atoms with Gasteiger partial charge in [0, 0.05) is 0 Å². The van der Waals surface area contributed by atoms with Crippen molar-refractivity contribution < 1.29 is 0 Å². The van der Waals surface area contributed by atoms with Crippen LogP contribution in [-0.4, -0.2) is 18.9 Å². The summed E-state index contributed by atoms with van der Waals surface area (Å²) >= 11 is 0. The van der Waals surface area contributed by atoms with E-state index in [1.807, 2.05) is 6.07 Å². The molecule has 0 saturated heterocycles. The van der Waals surface area contributed by atoms with E-state index in [0.29, 0.717) is 0 Å². The Bertz CT molecular complexity index is 393. The summed E-state index contributed by atoms with van der Waals surface area (Å²) in [6.45, 7) is 2.14. The van der Waals surface area contributed by atoms with Gasteiger partial charge in [0.1, 0.15) is 0 Å². The van der Waals surface area contributed by atoms with Gasteiger partial charge in [-0.25, -0.2) is 0 Å². The van der Waals surface area contributed by atoms with Crippen LogP contribution in [0.5, 0.6) is 0 Å². The molecule has 0 amide bonds. The summed E-state index contributed by atoms with van der Waals surface area (Å²) in [4.78, 5) is 0. The molecule has 0 atom stereocenters. The van der Waals surface area contributed by atoms with Crippen LogP contribution in [0.1, 0.15) is 5.56 Å². The molecule has 0 fully saturated rings. The fourth-order valence-corrected chi connectivity index (χ4v) is 1.51. The molecular weight excluding hydrogens is 163 g/mol. The molecule has 0 unspecified atom stereocenters. The van der Waals surface area contributed by atoms with Gasteiger partial charge in [0.15, 0.2) is 0 Å². The minimum atomic E-state index is 0. The molecule has 0 bridgehead atoms. The molecule has 0 aliphatic heterocycles. The zero-order valence-electron chi connectivity index (χ0n) is 7.70. The van der Waals surface area contributed by atoms with E-state index in [1.54, 1.807) is 0 Å². The van der Waals surface area contributed by atoms with Gasteiger partial charge in [-0.15, -0.1) is 0 Å². The van der Waals surface area contributed by atoms with E-state index in [2.05, 4.69) is 55.5 Å². The second-order valence-corrected chi connectivity index (χ2v) is 3.18. The molecule has 0 saturated carbocycles. The molecule has 2 aromatic carbocycles. The van der Waals surface area contributed by atoms with Gasteiger partial charge in [-0.2, -0.15) is 0 Å². The SMILES string of the molecule is Cc1ccccc1-c1ccccc1.[LiH]. The Morgan fingerprint density at radius 1 is 0.714 bits per heavy atom. The first-order valence-corrected chi connectivity index (χ1v) is 4.49. The van der Waals surface area contributed by atoms with Crippen molar-refractivity contribution in [2.45, 2.75) is 6.92 Å². The quantitative estimate of drug-likeness (QED) is 0.586. The average molecular weight is 176 g/mol. The van der Waals surface area contributed by atoms with Crippen LogP contribution in [0, 0.1) is 6.92 Å². The number of hydrogen-bond acceptors (Lipinski definition) is 0. The van der Waals surface area contributed by atoms with E-state index in [0.717, 1.165) is 0 Å². The van der Waals surface area contributed by atoms with Crippen LogP contribution in [0.25, 0.3) is 11.1 Å². The molecule has 14 heavy (non-hydrogen) atoms. The maximum absolute atomic E-state index is 2.16. The number of rotatable bonds is 1. The van der Waals surface area contributed by atoms with E-state index in [9.17, 15) is 0 Å². The molecule has 1 heteroatoms. The number of hydrogen-bond donors (Lipinski definition) is 0. The van der Waals surface area contributed by atoms with Crippen molar-refractivity contribution in [1.29, 1.82) is 0 Å². The fourth-order valence-electron chi connectivity index (χ4n) is 1.51. The van der Waals surface area contributed by atoms with E-state index >= 15 is 0 Å². The second kappa shape index (κ2) is 5.05. The molecule has 0 nitrogen and oxygen atoms in total. The summed E-state index contributed by atoms with van der Waals surface area (Å²) in [5.74, 6) is 0. The molecule has 66 valence electrons. The van der Waals surface area contributed by atoms with Crippen molar-refractivity contribution in [2.24, 2.45) is 0 Å². The molecule has 0 aliphatic carbocycles. The van der Waals surface area contributed by atoms with E-state index < -0.39 is 0 Å². The summed E-state index contributed by atoms with van der Waals surface area (Å²) in [5, 5.41) is 0. The first kappa shape index (κ1) is 11.1. The zero-order chi connectivity index (χ0) is 9.10. The van der Waals surface area contributed by atoms with Crippen LogP contribution in [0.3, 0.4) is 0 Å². The Labute approximate surface area is 97.2 Å². The van der Waals surface area contributed by atoms with E-state index in [4.69, 9.17) is 0 Å². The minimum absolute atomic E-state index is 0. The summed E-state index contributed by atoms with van der Waals surface area (Å²) in [7, 11) is 0. The molecule has 0 radical (unpaired) electrons. The Hall–Kier alpha value is -0.963. The van der Waals surface area contributed by atoms with Gasteiger partial charge in [0.2, 0.25) is 0 Å². The Kier molecular flexibility index (Phi) is 4.01. The Morgan fingerprint density at radius 2 is 1.29 bits per heavy atom. The van der Waals surface area contributed by atoms with Gasteiger partial charge < -0.3 is 0 Å². The van der Waals surface area contributed by atoms with Gasteiger partial charge in [0.05, 0.1) is 0 Å². The van der Waals surface area contributed by atoms with Gasteiger partial charge in [-0.3, -0.25) is 0 Å². The van der Waals surface area contributed by atoms with Gasteiger partial charge in [-0.05, 0) is 23.6 Å². The van der Waals surface area contributed by atoms with Crippen molar-refractivity contribution >= 4 is 18.9 Å². The number of aryl methyl sites for hydroxylation is 1. The predicted molar refractivity (Wildman–Crippen MR) is 63.8 cm³/mol. The number of benzene rings is 2. The van der Waals surface area contributed by atoms with Crippen molar-refractivity contribution in [2.75, 3.05) is 0 Å². The topological polar surface area (TPSA) is 0 Å².